The van der Waals surface area contributed by atoms with E-state index in [1.54, 1.807) is 0 Å². The molecule has 2 fully saturated rings. The molecule has 1 saturated carbocycles. The van der Waals surface area contributed by atoms with Gasteiger partial charge in [0.15, 0.2) is 0 Å². The highest BCUT2D eigenvalue weighted by Crippen LogP contribution is 2.46. The average molecular weight is 240 g/mol. The Morgan fingerprint density at radius 3 is 2.41 bits per heavy atom. The number of rotatable bonds is 5. The fourth-order valence-corrected chi connectivity index (χ4v) is 3.30. The lowest BCUT2D eigenvalue weighted by Crippen LogP contribution is -2.38. The van der Waals surface area contributed by atoms with Gasteiger partial charge in [0.05, 0.1) is 17.6 Å². The highest BCUT2D eigenvalue weighted by Gasteiger charge is 2.49. The van der Waals surface area contributed by atoms with Crippen LogP contribution >= 0.6 is 0 Å². The lowest BCUT2D eigenvalue weighted by atomic mass is 9.67. The third-order valence-corrected chi connectivity index (χ3v) is 4.71. The molecule has 1 aliphatic heterocycles. The summed E-state index contributed by atoms with van der Waals surface area (Å²) < 4.78 is 5.54. The van der Waals surface area contributed by atoms with Gasteiger partial charge in [0.25, 0.3) is 0 Å². The van der Waals surface area contributed by atoms with Crippen LogP contribution in [-0.2, 0) is 9.53 Å². The average Bonchev–Trinajstić information content (AvgIpc) is 3.08. The first-order chi connectivity index (χ1) is 8.08. The summed E-state index contributed by atoms with van der Waals surface area (Å²) in [7, 11) is 0. The molecular formula is C14H24O3. The van der Waals surface area contributed by atoms with Crippen molar-refractivity contribution in [3.8, 4) is 0 Å². The Labute approximate surface area is 104 Å². The van der Waals surface area contributed by atoms with Crippen LogP contribution < -0.4 is 0 Å². The van der Waals surface area contributed by atoms with Crippen LogP contribution in [0.5, 0.6) is 0 Å². The summed E-state index contributed by atoms with van der Waals surface area (Å²) in [5, 5.41) is 9.56. The molecule has 2 aliphatic rings. The third kappa shape index (κ3) is 2.65. The van der Waals surface area contributed by atoms with Crippen molar-refractivity contribution < 1.29 is 14.6 Å². The molecule has 1 saturated heterocycles. The summed E-state index contributed by atoms with van der Waals surface area (Å²) in [6.45, 7) is 4.03. The second-order valence-electron chi connectivity index (χ2n) is 5.88. The van der Waals surface area contributed by atoms with E-state index in [0.29, 0.717) is 18.4 Å². The minimum Gasteiger partial charge on any atom is -0.481 e. The van der Waals surface area contributed by atoms with Gasteiger partial charge in [-0.3, -0.25) is 4.79 Å². The molecule has 0 aromatic carbocycles. The fourth-order valence-electron chi connectivity index (χ4n) is 3.30. The molecule has 0 bridgehead atoms. The number of ether oxygens (including phenoxy) is 1. The summed E-state index contributed by atoms with van der Waals surface area (Å²) >= 11 is 0. The predicted octanol–water partition coefficient (Wildman–Crippen LogP) is 3.23. The Hall–Kier alpha value is -0.570. The van der Waals surface area contributed by atoms with Crippen LogP contribution in [0.4, 0.5) is 0 Å². The number of hydrogen-bond donors (Lipinski definition) is 1. The van der Waals surface area contributed by atoms with E-state index in [2.05, 4.69) is 6.92 Å². The van der Waals surface area contributed by atoms with Crippen molar-refractivity contribution in [2.24, 2.45) is 11.3 Å². The molecule has 2 rings (SSSR count). The second-order valence-corrected chi connectivity index (χ2v) is 5.88. The number of carboxylic acids is 1. The molecule has 0 amide bonds. The number of hydrogen-bond acceptors (Lipinski definition) is 2. The van der Waals surface area contributed by atoms with E-state index < -0.39 is 11.4 Å². The molecular weight excluding hydrogens is 216 g/mol. The first-order valence-electron chi connectivity index (χ1n) is 6.96. The van der Waals surface area contributed by atoms with E-state index in [-0.39, 0.29) is 6.10 Å². The van der Waals surface area contributed by atoms with Gasteiger partial charge in [-0.2, -0.15) is 0 Å². The molecule has 1 aliphatic carbocycles. The van der Waals surface area contributed by atoms with Crippen LogP contribution in [-0.4, -0.2) is 23.3 Å². The lowest BCUT2D eigenvalue weighted by molar-refractivity contribution is -0.153. The van der Waals surface area contributed by atoms with Crippen molar-refractivity contribution >= 4 is 5.97 Å². The maximum atomic E-state index is 11.6. The van der Waals surface area contributed by atoms with Crippen LogP contribution in [0.2, 0.25) is 0 Å². The quantitative estimate of drug-likeness (QED) is 0.751. The summed E-state index contributed by atoms with van der Waals surface area (Å²) in [5.74, 6) is -0.287. The van der Waals surface area contributed by atoms with Crippen molar-refractivity contribution in [3.63, 3.8) is 0 Å². The highest BCUT2D eigenvalue weighted by molar-refractivity contribution is 5.74. The van der Waals surface area contributed by atoms with Gasteiger partial charge in [-0.1, -0.05) is 26.2 Å². The van der Waals surface area contributed by atoms with Crippen LogP contribution in [0.15, 0.2) is 0 Å². The lowest BCUT2D eigenvalue weighted by Gasteiger charge is -2.36. The van der Waals surface area contributed by atoms with Gasteiger partial charge in [0, 0.05) is 0 Å². The zero-order valence-corrected chi connectivity index (χ0v) is 10.9. The Morgan fingerprint density at radius 1 is 1.29 bits per heavy atom. The molecule has 1 heterocycles. The third-order valence-electron chi connectivity index (χ3n) is 4.71. The van der Waals surface area contributed by atoms with E-state index in [9.17, 15) is 9.90 Å². The highest BCUT2D eigenvalue weighted by atomic mass is 16.6. The SMILES string of the molecule is CCC1OC1CC(C)(C(=O)O)C1CCCCC1. The van der Waals surface area contributed by atoms with Gasteiger partial charge >= 0.3 is 5.97 Å². The standard InChI is InChI=1S/C14H24O3/c1-3-11-12(17-11)9-14(2,13(15)16)10-7-5-4-6-8-10/h10-12H,3-9H2,1-2H3,(H,15,16). The largest absolute Gasteiger partial charge is 0.481 e. The molecule has 1 N–H and O–H groups in total. The second kappa shape index (κ2) is 4.97. The van der Waals surface area contributed by atoms with E-state index >= 15 is 0 Å². The molecule has 98 valence electrons. The normalized spacial score (nSPS) is 33.1. The summed E-state index contributed by atoms with van der Waals surface area (Å²) in [4.78, 5) is 11.6. The van der Waals surface area contributed by atoms with Gasteiger partial charge < -0.3 is 9.84 Å². The molecule has 17 heavy (non-hydrogen) atoms. The van der Waals surface area contributed by atoms with Crippen molar-refractivity contribution in [1.29, 1.82) is 0 Å². The van der Waals surface area contributed by atoms with E-state index in [1.165, 1.54) is 19.3 Å². The maximum absolute atomic E-state index is 11.6. The number of carbonyl (C=O) groups is 1. The fraction of sp³-hybridized carbons (Fsp3) is 0.929. The molecule has 3 nitrogen and oxygen atoms in total. The van der Waals surface area contributed by atoms with E-state index in [0.717, 1.165) is 19.3 Å². The zero-order chi connectivity index (χ0) is 12.5. The topological polar surface area (TPSA) is 49.8 Å². The molecule has 0 aromatic heterocycles. The van der Waals surface area contributed by atoms with Crippen molar-refractivity contribution in [2.75, 3.05) is 0 Å². The van der Waals surface area contributed by atoms with Crippen LogP contribution in [0.25, 0.3) is 0 Å². The summed E-state index contributed by atoms with van der Waals surface area (Å²) in [5.41, 5.74) is -0.574. The van der Waals surface area contributed by atoms with Crippen LogP contribution in [0.3, 0.4) is 0 Å². The molecule has 0 spiro atoms. The maximum Gasteiger partial charge on any atom is 0.309 e. The summed E-state index contributed by atoms with van der Waals surface area (Å²) in [6, 6.07) is 0. The Bertz CT molecular complexity index is 283. The molecule has 0 radical (unpaired) electrons. The molecule has 3 unspecified atom stereocenters. The van der Waals surface area contributed by atoms with E-state index in [1.807, 2.05) is 6.92 Å². The Balaban J connectivity index is 2.00. The van der Waals surface area contributed by atoms with Crippen molar-refractivity contribution in [3.05, 3.63) is 0 Å². The van der Waals surface area contributed by atoms with Crippen molar-refractivity contribution in [2.45, 2.75) is 71.0 Å². The number of epoxide rings is 1. The first kappa shape index (κ1) is 12.9. The summed E-state index contributed by atoms with van der Waals surface area (Å²) in [6.07, 6.45) is 8.02. The minimum atomic E-state index is -0.630. The van der Waals surface area contributed by atoms with Crippen LogP contribution in [0, 0.1) is 11.3 Å². The zero-order valence-electron chi connectivity index (χ0n) is 10.9. The first-order valence-corrected chi connectivity index (χ1v) is 6.96. The van der Waals surface area contributed by atoms with E-state index in [4.69, 9.17) is 4.74 Å². The van der Waals surface area contributed by atoms with Gasteiger partial charge in [-0.05, 0) is 38.5 Å². The Kier molecular flexibility index (Phi) is 3.76. The smallest absolute Gasteiger partial charge is 0.309 e. The van der Waals surface area contributed by atoms with Crippen LogP contribution in [0.1, 0.15) is 58.8 Å². The van der Waals surface area contributed by atoms with Crippen molar-refractivity contribution in [1.82, 2.24) is 0 Å². The molecule has 3 heteroatoms. The molecule has 3 atom stereocenters. The van der Waals surface area contributed by atoms with Gasteiger partial charge in [0.2, 0.25) is 0 Å². The van der Waals surface area contributed by atoms with Gasteiger partial charge in [0.1, 0.15) is 0 Å². The monoisotopic (exact) mass is 240 g/mol. The number of carboxylic acid groups (broad SMARTS) is 1. The molecule has 0 aromatic rings. The van der Waals surface area contributed by atoms with Gasteiger partial charge in [-0.15, -0.1) is 0 Å². The predicted molar refractivity (Wildman–Crippen MR) is 65.9 cm³/mol. The number of aliphatic carboxylic acids is 1. The minimum absolute atomic E-state index is 0.197. The Morgan fingerprint density at radius 2 is 1.94 bits per heavy atom. The van der Waals surface area contributed by atoms with Gasteiger partial charge in [-0.25, -0.2) is 0 Å².